The number of morpholine rings is 1. The maximum atomic E-state index is 14.2. The zero-order valence-electron chi connectivity index (χ0n) is 21.4. The molecule has 3 aromatic rings. The van der Waals surface area contributed by atoms with Crippen molar-refractivity contribution in [3.8, 4) is 11.7 Å². The quantitative estimate of drug-likeness (QED) is 0.430. The molecule has 2 aliphatic heterocycles. The first-order chi connectivity index (χ1) is 18.2. The lowest BCUT2D eigenvalue weighted by molar-refractivity contribution is 0.122. The van der Waals surface area contributed by atoms with Gasteiger partial charge in [-0.1, -0.05) is 6.07 Å². The molecule has 2 saturated heterocycles. The Morgan fingerprint density at radius 3 is 2.16 bits per heavy atom. The molecular weight excluding hydrogens is 522 g/mol. The van der Waals surface area contributed by atoms with Gasteiger partial charge in [0.15, 0.2) is 5.82 Å². The molecule has 0 aliphatic carbocycles. The molecule has 0 atom stereocenters. The molecule has 0 N–H and O–H groups in total. The summed E-state index contributed by atoms with van der Waals surface area (Å²) in [4.78, 5) is 21.8. The van der Waals surface area contributed by atoms with E-state index in [1.165, 1.54) is 30.1 Å². The van der Waals surface area contributed by atoms with Crippen LogP contribution in [-0.4, -0.2) is 103 Å². The molecular formula is C23H30F2N8O4S. The summed E-state index contributed by atoms with van der Waals surface area (Å²) in [5, 5.41) is -0.510. The molecule has 5 rings (SSSR count). The molecule has 0 unspecified atom stereocenters. The predicted molar refractivity (Wildman–Crippen MR) is 137 cm³/mol. The molecule has 0 saturated carbocycles. The highest BCUT2D eigenvalue weighted by Gasteiger charge is 2.33. The third-order valence-corrected chi connectivity index (χ3v) is 9.17. The van der Waals surface area contributed by atoms with Gasteiger partial charge in [-0.2, -0.15) is 15.0 Å². The van der Waals surface area contributed by atoms with E-state index in [-0.39, 0.29) is 11.5 Å². The highest BCUT2D eigenvalue weighted by atomic mass is 32.2. The Labute approximate surface area is 219 Å². The molecule has 0 radical (unpaired) electrons. The van der Waals surface area contributed by atoms with E-state index in [1.54, 1.807) is 18.2 Å². The van der Waals surface area contributed by atoms with Gasteiger partial charge in [-0.25, -0.2) is 26.5 Å². The monoisotopic (exact) mass is 552 g/mol. The van der Waals surface area contributed by atoms with Crippen molar-refractivity contribution in [1.82, 2.24) is 28.8 Å². The third kappa shape index (κ3) is 4.85. The minimum atomic E-state index is -3.40. The van der Waals surface area contributed by atoms with Gasteiger partial charge in [0.1, 0.15) is 11.3 Å². The van der Waals surface area contributed by atoms with Gasteiger partial charge in [0.2, 0.25) is 27.9 Å². The average molecular weight is 553 g/mol. The third-order valence-electron chi connectivity index (χ3n) is 6.84. The maximum absolute atomic E-state index is 14.2. The van der Waals surface area contributed by atoms with E-state index >= 15 is 0 Å². The first-order valence-corrected chi connectivity index (χ1v) is 13.8. The van der Waals surface area contributed by atoms with Crippen molar-refractivity contribution >= 4 is 33.0 Å². The summed E-state index contributed by atoms with van der Waals surface area (Å²) in [6.45, 7) is 2.82. The molecule has 38 heavy (non-hydrogen) atoms. The van der Waals surface area contributed by atoms with Gasteiger partial charge in [-0.3, -0.25) is 4.57 Å². The summed E-state index contributed by atoms with van der Waals surface area (Å²) >= 11 is 0. The molecule has 0 bridgehead atoms. The second-order valence-corrected chi connectivity index (χ2v) is 11.7. The number of aromatic nitrogens is 5. The number of methoxy groups -OCH3 is 1. The SMILES string of the molecule is COc1cccc2c1nc(C(F)F)n2-c1nc(N2CCOCC2)nc(N2CCC(S(=O)(=O)N(C)C)CC2)n1. The Kier molecular flexibility index (Phi) is 7.33. The van der Waals surface area contributed by atoms with Crippen LogP contribution in [0, 0.1) is 0 Å². The van der Waals surface area contributed by atoms with E-state index < -0.39 is 27.5 Å². The number of benzene rings is 1. The van der Waals surface area contributed by atoms with Crippen molar-refractivity contribution in [1.29, 1.82) is 0 Å². The standard InChI is InChI=1S/C23H30F2N8O4S/c1-30(2)38(34,35)15-7-9-31(10-8-15)21-27-22(32-11-13-37-14-12-32)29-23(28-21)33-16-5-4-6-17(36-3)18(16)26-20(33)19(24)25/h4-6,15,19H,7-14H2,1-3H3. The molecule has 4 heterocycles. The molecule has 1 aromatic carbocycles. The minimum Gasteiger partial charge on any atom is -0.494 e. The van der Waals surface area contributed by atoms with Gasteiger partial charge >= 0.3 is 0 Å². The number of rotatable bonds is 7. The lowest BCUT2D eigenvalue weighted by Gasteiger charge is -2.33. The van der Waals surface area contributed by atoms with Crippen LogP contribution < -0.4 is 14.5 Å². The van der Waals surface area contributed by atoms with Gasteiger partial charge in [-0.05, 0) is 25.0 Å². The zero-order chi connectivity index (χ0) is 27.0. The number of piperidine rings is 1. The number of imidazole rings is 1. The molecule has 2 aromatic heterocycles. The van der Waals surface area contributed by atoms with Crippen LogP contribution in [0.1, 0.15) is 25.1 Å². The van der Waals surface area contributed by atoms with Crippen molar-refractivity contribution in [3.05, 3.63) is 24.0 Å². The number of para-hydroxylation sites is 1. The second kappa shape index (κ2) is 10.5. The Hall–Kier alpha value is -3.17. The fourth-order valence-corrected chi connectivity index (χ4v) is 6.16. The fourth-order valence-electron chi connectivity index (χ4n) is 4.75. The van der Waals surface area contributed by atoms with E-state index in [1.807, 2.05) is 9.80 Å². The van der Waals surface area contributed by atoms with Crippen LogP contribution in [-0.2, 0) is 14.8 Å². The highest BCUT2D eigenvalue weighted by molar-refractivity contribution is 7.89. The average Bonchev–Trinajstić information content (AvgIpc) is 3.34. The number of anilines is 2. The van der Waals surface area contributed by atoms with E-state index in [2.05, 4.69) is 19.9 Å². The van der Waals surface area contributed by atoms with Gasteiger partial charge in [0, 0.05) is 40.3 Å². The normalized spacial score (nSPS) is 17.7. The van der Waals surface area contributed by atoms with Gasteiger partial charge < -0.3 is 19.3 Å². The second-order valence-electron chi connectivity index (χ2n) is 9.28. The molecule has 2 aliphatic rings. The van der Waals surface area contributed by atoms with E-state index in [4.69, 9.17) is 9.47 Å². The molecule has 12 nitrogen and oxygen atoms in total. The summed E-state index contributed by atoms with van der Waals surface area (Å²) in [5.74, 6) is 0.481. The zero-order valence-corrected chi connectivity index (χ0v) is 22.2. The van der Waals surface area contributed by atoms with Crippen molar-refractivity contribution in [2.45, 2.75) is 24.5 Å². The number of sulfonamides is 1. The first-order valence-electron chi connectivity index (χ1n) is 12.3. The Balaban J connectivity index is 1.59. The van der Waals surface area contributed by atoms with E-state index in [0.717, 1.165) is 0 Å². The largest absolute Gasteiger partial charge is 0.494 e. The lowest BCUT2D eigenvalue weighted by Crippen LogP contribution is -2.44. The Morgan fingerprint density at radius 2 is 1.58 bits per heavy atom. The Morgan fingerprint density at radius 1 is 0.974 bits per heavy atom. The molecule has 15 heteroatoms. The van der Waals surface area contributed by atoms with E-state index in [0.29, 0.717) is 75.4 Å². The lowest BCUT2D eigenvalue weighted by atomic mass is 10.1. The summed E-state index contributed by atoms with van der Waals surface area (Å²) in [6.07, 6.45) is -2.12. The van der Waals surface area contributed by atoms with Crippen LogP contribution in [0.4, 0.5) is 20.7 Å². The number of hydrogen-bond donors (Lipinski definition) is 0. The summed E-state index contributed by atoms with van der Waals surface area (Å²) in [6, 6.07) is 5.00. The predicted octanol–water partition coefficient (Wildman–Crippen LogP) is 1.85. The number of fused-ring (bicyclic) bond motifs is 1. The maximum Gasteiger partial charge on any atom is 0.296 e. The minimum absolute atomic E-state index is 0.00517. The Bertz CT molecular complexity index is 1400. The van der Waals surface area contributed by atoms with Crippen LogP contribution >= 0.6 is 0 Å². The number of nitrogens with zero attached hydrogens (tertiary/aromatic N) is 8. The van der Waals surface area contributed by atoms with Gasteiger partial charge in [0.25, 0.3) is 6.43 Å². The van der Waals surface area contributed by atoms with Crippen molar-refractivity contribution in [3.63, 3.8) is 0 Å². The number of ether oxygens (including phenoxy) is 2. The van der Waals surface area contributed by atoms with Crippen LogP contribution in [0.25, 0.3) is 17.0 Å². The summed E-state index contributed by atoms with van der Waals surface area (Å²) in [5.41, 5.74) is 0.649. The van der Waals surface area contributed by atoms with Gasteiger partial charge in [0.05, 0.1) is 31.1 Å². The van der Waals surface area contributed by atoms with Crippen LogP contribution in [0.3, 0.4) is 0 Å². The fraction of sp³-hybridized carbons (Fsp3) is 0.565. The van der Waals surface area contributed by atoms with Crippen LogP contribution in [0.5, 0.6) is 5.75 Å². The van der Waals surface area contributed by atoms with Crippen LogP contribution in [0.2, 0.25) is 0 Å². The molecule has 0 spiro atoms. The van der Waals surface area contributed by atoms with Crippen molar-refractivity contribution in [2.24, 2.45) is 0 Å². The van der Waals surface area contributed by atoms with Crippen molar-refractivity contribution < 1.29 is 26.7 Å². The number of halogens is 2. The molecule has 206 valence electrons. The topological polar surface area (TPSA) is 119 Å². The summed E-state index contributed by atoms with van der Waals surface area (Å²) < 4.78 is 67.0. The van der Waals surface area contributed by atoms with Crippen LogP contribution in [0.15, 0.2) is 18.2 Å². The molecule has 2 fully saturated rings. The number of alkyl halides is 2. The first kappa shape index (κ1) is 26.4. The smallest absolute Gasteiger partial charge is 0.296 e. The highest BCUT2D eigenvalue weighted by Crippen LogP contribution is 2.33. The van der Waals surface area contributed by atoms with E-state index in [9.17, 15) is 17.2 Å². The molecule has 0 amide bonds. The van der Waals surface area contributed by atoms with Crippen molar-refractivity contribution in [2.75, 3.05) is 70.4 Å². The van der Waals surface area contributed by atoms with Gasteiger partial charge in [-0.15, -0.1) is 0 Å². The number of hydrogen-bond acceptors (Lipinski definition) is 10. The summed E-state index contributed by atoms with van der Waals surface area (Å²) in [7, 11) is 1.11.